The molecule has 57 heavy (non-hydrogen) atoms. The Kier molecular flexibility index (Phi) is 14.2. The van der Waals surface area contributed by atoms with E-state index in [-0.39, 0.29) is 49.4 Å². The van der Waals surface area contributed by atoms with Crippen molar-refractivity contribution in [1.82, 2.24) is 35.7 Å². The zero-order chi connectivity index (χ0) is 41.4. The molecule has 5 amide bonds. The van der Waals surface area contributed by atoms with E-state index in [2.05, 4.69) is 25.9 Å². The molecule has 1 aromatic carbocycles. The molecule has 2 aromatic rings. The Balaban J connectivity index is 1.36. The Morgan fingerprint density at radius 2 is 1.65 bits per heavy atom. The number of nitrogens with zero attached hydrogens (tertiary/aromatic N) is 4. The highest BCUT2D eigenvalue weighted by Gasteiger charge is 2.53. The highest BCUT2D eigenvalue weighted by molar-refractivity contribution is 6.38. The van der Waals surface area contributed by atoms with E-state index in [0.29, 0.717) is 18.4 Å². The van der Waals surface area contributed by atoms with E-state index in [0.717, 1.165) is 32.1 Å². The van der Waals surface area contributed by atoms with Gasteiger partial charge in [-0.2, -0.15) is 0 Å². The molecule has 7 atom stereocenters. The summed E-state index contributed by atoms with van der Waals surface area (Å²) >= 11 is 0. The van der Waals surface area contributed by atoms with Gasteiger partial charge in [-0.3, -0.25) is 33.8 Å². The van der Waals surface area contributed by atoms with Crippen LogP contribution in [0, 0.1) is 23.2 Å². The largest absolute Gasteiger partial charge is 0.480 e. The number of aromatic nitrogens is 2. The SMILES string of the molecule is CCCC(C(=O)C(=O)N[C@@H](Cc1ccccc1)C(=O)O)N1CC[C@H]2CN(C(=O)[C@@H](NC(=O)[C@H](NC(=O)c3cnccn3)C3CCCCC3)C(C)(C)C)C(C1=O)[C@H]2C. The van der Waals surface area contributed by atoms with Crippen LogP contribution < -0.4 is 16.0 Å². The molecule has 1 saturated carbocycles. The van der Waals surface area contributed by atoms with Crippen molar-refractivity contribution in [2.24, 2.45) is 23.2 Å². The van der Waals surface area contributed by atoms with Crippen molar-refractivity contribution in [1.29, 1.82) is 0 Å². The number of carboxylic acids is 1. The molecule has 1 aromatic heterocycles. The van der Waals surface area contributed by atoms with Crippen LogP contribution in [0.5, 0.6) is 0 Å². The minimum absolute atomic E-state index is 0.0322. The molecule has 1 aliphatic carbocycles. The predicted molar refractivity (Wildman–Crippen MR) is 209 cm³/mol. The van der Waals surface area contributed by atoms with Gasteiger partial charge in [-0.25, -0.2) is 9.78 Å². The molecule has 3 aliphatic rings. The van der Waals surface area contributed by atoms with Gasteiger partial charge in [0.05, 0.1) is 6.20 Å². The first-order valence-corrected chi connectivity index (χ1v) is 20.2. The summed E-state index contributed by atoms with van der Waals surface area (Å²) in [6.07, 6.45) is 9.52. The van der Waals surface area contributed by atoms with Gasteiger partial charge in [0.15, 0.2) is 0 Å². The second-order valence-electron chi connectivity index (χ2n) is 16.8. The maximum Gasteiger partial charge on any atom is 0.326 e. The van der Waals surface area contributed by atoms with Gasteiger partial charge in [0, 0.05) is 31.9 Å². The van der Waals surface area contributed by atoms with E-state index in [1.54, 1.807) is 30.3 Å². The van der Waals surface area contributed by atoms with E-state index in [1.165, 1.54) is 28.4 Å². The average molecular weight is 788 g/mol. The molecule has 3 heterocycles. The number of benzene rings is 1. The summed E-state index contributed by atoms with van der Waals surface area (Å²) in [5.41, 5.74) is -0.0731. The van der Waals surface area contributed by atoms with Gasteiger partial charge >= 0.3 is 5.97 Å². The lowest BCUT2D eigenvalue weighted by Crippen LogP contribution is -2.63. The lowest BCUT2D eigenvalue weighted by Gasteiger charge is -2.40. The number of aliphatic carboxylic acids is 1. The maximum atomic E-state index is 14.7. The maximum absolute atomic E-state index is 14.7. The number of carboxylic acid groups (broad SMARTS) is 1. The number of amides is 5. The van der Waals surface area contributed by atoms with E-state index in [1.807, 2.05) is 34.6 Å². The predicted octanol–water partition coefficient (Wildman–Crippen LogP) is 2.93. The lowest BCUT2D eigenvalue weighted by atomic mass is 9.82. The molecule has 2 saturated heterocycles. The van der Waals surface area contributed by atoms with E-state index in [9.17, 15) is 38.7 Å². The van der Waals surface area contributed by atoms with Crippen molar-refractivity contribution >= 4 is 41.3 Å². The van der Waals surface area contributed by atoms with Crippen molar-refractivity contribution in [2.45, 2.75) is 123 Å². The zero-order valence-electron chi connectivity index (χ0n) is 33.6. The number of hydrogen-bond acceptors (Lipinski definition) is 9. The molecule has 4 N–H and O–H groups in total. The smallest absolute Gasteiger partial charge is 0.326 e. The minimum Gasteiger partial charge on any atom is -0.480 e. The van der Waals surface area contributed by atoms with Crippen LogP contribution in [0.1, 0.15) is 102 Å². The van der Waals surface area contributed by atoms with Gasteiger partial charge in [-0.15, -0.1) is 0 Å². The summed E-state index contributed by atoms with van der Waals surface area (Å²) in [4.78, 5) is 107. The summed E-state index contributed by atoms with van der Waals surface area (Å²) in [6.45, 7) is 9.67. The number of Topliss-reactive ketones (excluding diaryl/α,β-unsaturated/α-hetero) is 1. The van der Waals surface area contributed by atoms with Crippen molar-refractivity contribution in [3.05, 3.63) is 60.2 Å². The van der Waals surface area contributed by atoms with Gasteiger partial charge in [0.1, 0.15) is 35.9 Å². The Hall–Kier alpha value is -5.21. The molecule has 0 spiro atoms. The second-order valence-corrected chi connectivity index (χ2v) is 16.8. The Morgan fingerprint density at radius 1 is 0.947 bits per heavy atom. The second kappa shape index (κ2) is 18.8. The molecular formula is C42H57N7O8. The number of carbonyl (C=O) groups is 7. The van der Waals surface area contributed by atoms with Gasteiger partial charge < -0.3 is 30.9 Å². The van der Waals surface area contributed by atoms with Gasteiger partial charge in [-0.1, -0.05) is 90.6 Å². The molecule has 2 bridgehead atoms. The highest BCUT2D eigenvalue weighted by atomic mass is 16.4. The first-order chi connectivity index (χ1) is 27.1. The summed E-state index contributed by atoms with van der Waals surface area (Å²) in [5, 5.41) is 18.1. The monoisotopic (exact) mass is 787 g/mol. The number of carbonyl (C=O) groups excluding carboxylic acids is 6. The molecule has 3 fully saturated rings. The molecule has 15 nitrogen and oxygen atoms in total. The van der Waals surface area contributed by atoms with Crippen molar-refractivity contribution in [3.8, 4) is 0 Å². The Bertz CT molecular complexity index is 1780. The third kappa shape index (κ3) is 10.2. The van der Waals surface area contributed by atoms with Crippen LogP contribution in [0.15, 0.2) is 48.9 Å². The van der Waals surface area contributed by atoms with E-state index >= 15 is 0 Å². The lowest BCUT2D eigenvalue weighted by molar-refractivity contribution is -0.153. The third-order valence-corrected chi connectivity index (χ3v) is 11.8. The fourth-order valence-electron chi connectivity index (χ4n) is 8.58. The Labute approximate surface area is 334 Å². The number of nitrogens with one attached hydrogen (secondary N) is 3. The van der Waals surface area contributed by atoms with Crippen molar-refractivity contribution < 1.29 is 38.7 Å². The van der Waals surface area contributed by atoms with Gasteiger partial charge in [0.2, 0.25) is 23.5 Å². The number of likely N-dealkylation sites (tertiary alicyclic amines) is 2. The molecule has 2 aliphatic heterocycles. The number of ketones is 1. The topological polar surface area (TPSA) is 208 Å². The van der Waals surface area contributed by atoms with Crippen LogP contribution >= 0.6 is 0 Å². The van der Waals surface area contributed by atoms with E-state index < -0.39 is 76.9 Å². The number of hydrogen-bond donors (Lipinski definition) is 4. The van der Waals surface area contributed by atoms with E-state index in [4.69, 9.17) is 0 Å². The molecule has 2 unspecified atom stereocenters. The fourth-order valence-corrected chi connectivity index (χ4v) is 8.58. The summed E-state index contributed by atoms with van der Waals surface area (Å²) in [7, 11) is 0. The van der Waals surface area contributed by atoms with Crippen molar-refractivity contribution in [2.75, 3.05) is 13.1 Å². The molecule has 308 valence electrons. The van der Waals surface area contributed by atoms with Crippen LogP contribution in [0.3, 0.4) is 0 Å². The van der Waals surface area contributed by atoms with Crippen LogP contribution in [-0.4, -0.2) is 109 Å². The standard InChI is InChI=1S/C42H57N7O8/c1-6-13-31(34(50)38(53)45-29(41(56)57)22-26-14-9-7-10-15-26)48-21-18-28-24-49(33(25(28)2)39(48)54)40(55)35(42(3,4)5)47-37(52)32(27-16-11-8-12-17-27)46-36(51)30-23-43-19-20-44-30/h7,9-10,14-15,19-20,23,25,27-29,31-33,35H,6,8,11-13,16-18,21-22,24H2,1-5H3,(H,45,53)(H,46,51)(H,47,52)(H,56,57)/t25-,28-,29-,31?,32+,33?,35+/m0/s1. The summed E-state index contributed by atoms with van der Waals surface area (Å²) in [6, 6.07) is 3.25. The molecular weight excluding hydrogens is 731 g/mol. The first kappa shape index (κ1) is 42.9. The minimum atomic E-state index is -1.36. The highest BCUT2D eigenvalue weighted by Crippen LogP contribution is 2.39. The summed E-state index contributed by atoms with van der Waals surface area (Å²) in [5.74, 6) is -5.80. The van der Waals surface area contributed by atoms with Crippen LogP contribution in [0.25, 0.3) is 0 Å². The number of fused-ring (bicyclic) bond motifs is 2. The quantitative estimate of drug-likeness (QED) is 0.194. The Morgan fingerprint density at radius 3 is 2.26 bits per heavy atom. The average Bonchev–Trinajstić information content (AvgIpc) is 3.47. The zero-order valence-corrected chi connectivity index (χ0v) is 33.6. The third-order valence-electron chi connectivity index (χ3n) is 11.8. The number of rotatable bonds is 15. The molecule has 0 radical (unpaired) electrons. The normalized spacial score (nSPS) is 22.1. The fraction of sp³-hybridized carbons (Fsp3) is 0.595. The van der Waals surface area contributed by atoms with Gasteiger partial charge in [0.25, 0.3) is 11.8 Å². The van der Waals surface area contributed by atoms with Crippen LogP contribution in [-0.2, 0) is 35.2 Å². The first-order valence-electron chi connectivity index (χ1n) is 20.2. The molecule has 15 heteroatoms. The van der Waals surface area contributed by atoms with Gasteiger partial charge in [-0.05, 0) is 54.4 Å². The van der Waals surface area contributed by atoms with Crippen LogP contribution in [0.4, 0.5) is 0 Å². The van der Waals surface area contributed by atoms with Crippen LogP contribution in [0.2, 0.25) is 0 Å². The molecule has 5 rings (SSSR count). The summed E-state index contributed by atoms with van der Waals surface area (Å²) < 4.78 is 0. The van der Waals surface area contributed by atoms with Crippen molar-refractivity contribution in [3.63, 3.8) is 0 Å².